The molecule has 2 heterocycles. The Hall–Kier alpha value is -2.80. The molecule has 3 aromatic rings. The fraction of sp³-hybridized carbons (Fsp3) is 0.238. The maximum Gasteiger partial charge on any atom is 0.265 e. The lowest BCUT2D eigenvalue weighted by atomic mass is 10.1. The van der Waals surface area contributed by atoms with Crippen molar-refractivity contribution in [1.29, 1.82) is 0 Å². The third-order valence-electron chi connectivity index (χ3n) is 4.65. The lowest BCUT2D eigenvalue weighted by Gasteiger charge is -2.31. The third kappa shape index (κ3) is 4.04. The average Bonchev–Trinajstić information content (AvgIpc) is 3.21. The largest absolute Gasteiger partial charge is 0.487 e. The number of carbonyl (C=O) groups is 1. The molecule has 0 saturated carbocycles. The number of hydrogen-bond donors (Lipinski definition) is 0. The highest BCUT2D eigenvalue weighted by Gasteiger charge is 2.26. The van der Waals surface area contributed by atoms with Crippen molar-refractivity contribution in [2.24, 2.45) is 0 Å². The summed E-state index contributed by atoms with van der Waals surface area (Å²) in [4.78, 5) is 19.5. The summed E-state index contributed by atoms with van der Waals surface area (Å²) in [6.45, 7) is 1.04. The van der Waals surface area contributed by atoms with Gasteiger partial charge < -0.3 is 9.64 Å². The monoisotopic (exact) mass is 400 g/mol. The van der Waals surface area contributed by atoms with E-state index < -0.39 is 11.6 Å². The van der Waals surface area contributed by atoms with Crippen molar-refractivity contribution < 1.29 is 18.3 Å². The molecule has 0 unspecified atom stereocenters. The summed E-state index contributed by atoms with van der Waals surface area (Å²) in [6.07, 6.45) is 2.59. The first-order chi connectivity index (χ1) is 13.6. The Bertz CT molecular complexity index is 970. The summed E-state index contributed by atoms with van der Waals surface area (Å²) in [5.74, 6) is -1.35. The Kier molecular flexibility index (Phi) is 5.34. The molecule has 1 amide bonds. The van der Waals surface area contributed by atoms with Crippen LogP contribution in [0.4, 0.5) is 8.78 Å². The fourth-order valence-corrected chi connectivity index (χ4v) is 4.06. The van der Waals surface area contributed by atoms with Crippen molar-refractivity contribution >= 4 is 17.2 Å². The zero-order valence-electron chi connectivity index (χ0n) is 15.0. The van der Waals surface area contributed by atoms with Crippen LogP contribution in [-0.2, 0) is 0 Å². The van der Waals surface area contributed by atoms with Crippen LogP contribution >= 0.6 is 11.3 Å². The molecule has 1 saturated heterocycles. The number of rotatable bonds is 4. The molecule has 28 heavy (non-hydrogen) atoms. The topological polar surface area (TPSA) is 42.4 Å². The maximum atomic E-state index is 13.7. The summed E-state index contributed by atoms with van der Waals surface area (Å²) in [7, 11) is 0. The van der Waals surface area contributed by atoms with Crippen molar-refractivity contribution in [3.05, 3.63) is 71.2 Å². The highest BCUT2D eigenvalue weighted by molar-refractivity contribution is 7.16. The average molecular weight is 400 g/mol. The molecule has 1 aliphatic heterocycles. The van der Waals surface area contributed by atoms with Crippen molar-refractivity contribution in [1.82, 2.24) is 9.88 Å². The van der Waals surface area contributed by atoms with E-state index in [0.29, 0.717) is 30.8 Å². The quantitative estimate of drug-likeness (QED) is 0.633. The van der Waals surface area contributed by atoms with Crippen molar-refractivity contribution in [2.75, 3.05) is 13.1 Å². The Morgan fingerprint density at radius 2 is 1.86 bits per heavy atom. The summed E-state index contributed by atoms with van der Waals surface area (Å²) in [5.41, 5.74) is 0.986. The van der Waals surface area contributed by atoms with Crippen LogP contribution in [-0.4, -0.2) is 35.0 Å². The molecule has 144 valence electrons. The summed E-state index contributed by atoms with van der Waals surface area (Å²) < 4.78 is 32.4. The van der Waals surface area contributed by atoms with E-state index >= 15 is 0 Å². The van der Waals surface area contributed by atoms with Crippen LogP contribution in [0.25, 0.3) is 10.6 Å². The van der Waals surface area contributed by atoms with Crippen LogP contribution < -0.4 is 4.74 Å². The van der Waals surface area contributed by atoms with Gasteiger partial charge in [0, 0.05) is 37.6 Å². The van der Waals surface area contributed by atoms with Gasteiger partial charge in [-0.15, -0.1) is 11.3 Å². The van der Waals surface area contributed by atoms with E-state index in [1.165, 1.54) is 23.5 Å². The Morgan fingerprint density at radius 1 is 1.11 bits per heavy atom. The van der Waals surface area contributed by atoms with Crippen LogP contribution in [0.15, 0.2) is 54.7 Å². The SMILES string of the molecule is O=C(c1cnc(-c2ccccc2)s1)N1CCC(Oc2ccc(F)cc2F)CC1. The van der Waals surface area contributed by atoms with Gasteiger partial charge >= 0.3 is 0 Å². The van der Waals surface area contributed by atoms with Gasteiger partial charge in [-0.25, -0.2) is 13.8 Å². The van der Waals surface area contributed by atoms with E-state index in [-0.39, 0.29) is 17.8 Å². The molecule has 0 bridgehead atoms. The highest BCUT2D eigenvalue weighted by atomic mass is 32.1. The second kappa shape index (κ2) is 8.06. The van der Waals surface area contributed by atoms with E-state index in [0.717, 1.165) is 16.6 Å². The molecule has 0 N–H and O–H groups in total. The van der Waals surface area contributed by atoms with E-state index in [9.17, 15) is 13.6 Å². The fourth-order valence-electron chi connectivity index (χ4n) is 3.17. The molecule has 1 fully saturated rings. The summed E-state index contributed by atoms with van der Waals surface area (Å²) in [5, 5.41) is 0.814. The van der Waals surface area contributed by atoms with Gasteiger partial charge in [-0.05, 0) is 12.1 Å². The highest BCUT2D eigenvalue weighted by Crippen LogP contribution is 2.27. The van der Waals surface area contributed by atoms with Gasteiger partial charge in [0.15, 0.2) is 11.6 Å². The first-order valence-corrected chi connectivity index (χ1v) is 9.84. The van der Waals surface area contributed by atoms with Crippen molar-refractivity contribution in [2.45, 2.75) is 18.9 Å². The second-order valence-corrected chi connectivity index (χ2v) is 7.61. The molecule has 4 rings (SSSR count). The van der Waals surface area contributed by atoms with Gasteiger partial charge in [0.25, 0.3) is 5.91 Å². The lowest BCUT2D eigenvalue weighted by molar-refractivity contribution is 0.0592. The number of nitrogens with zero attached hydrogens (tertiary/aromatic N) is 2. The Balaban J connectivity index is 1.36. The number of amides is 1. The molecule has 0 atom stereocenters. The van der Waals surface area contributed by atoms with Crippen LogP contribution in [0, 0.1) is 11.6 Å². The molecule has 2 aromatic carbocycles. The van der Waals surface area contributed by atoms with Gasteiger partial charge in [0.05, 0.1) is 6.20 Å². The molecule has 7 heteroatoms. The van der Waals surface area contributed by atoms with Crippen LogP contribution in [0.3, 0.4) is 0 Å². The van der Waals surface area contributed by atoms with Gasteiger partial charge in [-0.3, -0.25) is 4.79 Å². The first kappa shape index (κ1) is 18.6. The van der Waals surface area contributed by atoms with Crippen LogP contribution in [0.1, 0.15) is 22.5 Å². The molecular formula is C21H18F2N2O2S. The molecule has 1 aliphatic rings. The number of halogens is 2. The van der Waals surface area contributed by atoms with Gasteiger partial charge in [-0.1, -0.05) is 30.3 Å². The molecule has 0 spiro atoms. The van der Waals surface area contributed by atoms with E-state index in [1.807, 2.05) is 30.3 Å². The number of benzene rings is 2. The Morgan fingerprint density at radius 3 is 2.57 bits per heavy atom. The predicted molar refractivity (Wildman–Crippen MR) is 103 cm³/mol. The number of ether oxygens (including phenoxy) is 1. The molecule has 1 aromatic heterocycles. The molecule has 4 nitrogen and oxygen atoms in total. The van der Waals surface area contributed by atoms with E-state index in [1.54, 1.807) is 11.1 Å². The maximum absolute atomic E-state index is 13.7. The number of thiazole rings is 1. The van der Waals surface area contributed by atoms with Crippen molar-refractivity contribution in [3.8, 4) is 16.3 Å². The number of piperidine rings is 1. The van der Waals surface area contributed by atoms with Gasteiger partial charge in [0.2, 0.25) is 0 Å². The summed E-state index contributed by atoms with van der Waals surface area (Å²) >= 11 is 1.38. The second-order valence-electron chi connectivity index (χ2n) is 6.58. The molecular weight excluding hydrogens is 382 g/mol. The van der Waals surface area contributed by atoms with Crippen molar-refractivity contribution in [3.63, 3.8) is 0 Å². The lowest BCUT2D eigenvalue weighted by Crippen LogP contribution is -2.41. The van der Waals surface area contributed by atoms with E-state index in [2.05, 4.69) is 4.98 Å². The van der Waals surface area contributed by atoms with Gasteiger partial charge in [-0.2, -0.15) is 0 Å². The minimum atomic E-state index is -0.711. The van der Waals surface area contributed by atoms with Crippen LogP contribution in [0.2, 0.25) is 0 Å². The standard InChI is InChI=1S/C21H18F2N2O2S/c22-15-6-7-18(17(23)12-15)27-16-8-10-25(11-9-16)21(26)19-13-24-20(28-19)14-4-2-1-3-5-14/h1-7,12-13,16H,8-11H2. The first-order valence-electron chi connectivity index (χ1n) is 9.02. The number of likely N-dealkylation sites (tertiary alicyclic amines) is 1. The zero-order valence-corrected chi connectivity index (χ0v) is 15.8. The van der Waals surface area contributed by atoms with E-state index in [4.69, 9.17) is 4.74 Å². The summed E-state index contributed by atoms with van der Waals surface area (Å²) in [6, 6.07) is 13.0. The number of carbonyl (C=O) groups excluding carboxylic acids is 1. The minimum Gasteiger partial charge on any atom is -0.487 e. The zero-order chi connectivity index (χ0) is 19.5. The number of aromatic nitrogens is 1. The predicted octanol–water partition coefficient (Wildman–Crippen LogP) is 4.77. The third-order valence-corrected chi connectivity index (χ3v) is 5.69. The number of hydrogen-bond acceptors (Lipinski definition) is 4. The van der Waals surface area contributed by atoms with Gasteiger partial charge in [0.1, 0.15) is 21.8 Å². The Labute approximate surface area is 165 Å². The smallest absolute Gasteiger partial charge is 0.265 e. The normalized spacial score (nSPS) is 14.9. The minimum absolute atomic E-state index is 0.0427. The molecule has 0 aliphatic carbocycles. The van der Waals surface area contributed by atoms with Crippen LogP contribution in [0.5, 0.6) is 5.75 Å². The molecule has 0 radical (unpaired) electrons.